The molecule has 2 rings (SSSR count). The van der Waals surface area contributed by atoms with E-state index in [-0.39, 0.29) is 18.3 Å². The maximum Gasteiger partial charge on any atom is 0.234 e. The lowest BCUT2D eigenvalue weighted by molar-refractivity contribution is -0.113. The molecule has 5 nitrogen and oxygen atoms in total. The molecular weight excluding hydrogens is 346 g/mol. The predicted molar refractivity (Wildman–Crippen MR) is 97.4 cm³/mol. The molecule has 7 heteroatoms. The first-order valence-electron chi connectivity index (χ1n) is 7.31. The number of ether oxygens (including phenoxy) is 1. The molecule has 0 aliphatic heterocycles. The lowest BCUT2D eigenvalue weighted by Gasteiger charge is -2.09. The maximum absolute atomic E-state index is 12.0. The van der Waals surface area contributed by atoms with E-state index in [0.29, 0.717) is 17.2 Å². The Kier molecular flexibility index (Phi) is 6.69. The number of carbonyl (C=O) groups is 1. The van der Waals surface area contributed by atoms with Crippen LogP contribution in [0.5, 0.6) is 5.75 Å². The van der Waals surface area contributed by atoms with Gasteiger partial charge in [-0.3, -0.25) is 4.79 Å². The van der Waals surface area contributed by atoms with Gasteiger partial charge in [0.2, 0.25) is 5.91 Å². The molecule has 2 aromatic carbocycles. The molecule has 0 saturated carbocycles. The van der Waals surface area contributed by atoms with Gasteiger partial charge in [-0.25, -0.2) is 8.42 Å². The molecule has 0 fully saturated rings. The van der Waals surface area contributed by atoms with Crippen LogP contribution in [0.1, 0.15) is 0 Å². The number of hydrogen-bond donors (Lipinski definition) is 1. The Balaban J connectivity index is 1.83. The van der Waals surface area contributed by atoms with Gasteiger partial charge in [-0.05, 0) is 24.3 Å². The Labute approximate surface area is 146 Å². The third-order valence-electron chi connectivity index (χ3n) is 2.95. The van der Waals surface area contributed by atoms with Gasteiger partial charge in [-0.15, -0.1) is 11.8 Å². The molecule has 2 aromatic rings. The summed E-state index contributed by atoms with van der Waals surface area (Å²) < 4.78 is 27.6. The molecule has 0 aliphatic rings. The Morgan fingerprint density at radius 2 is 1.88 bits per heavy atom. The second-order valence-electron chi connectivity index (χ2n) is 5.16. The summed E-state index contributed by atoms with van der Waals surface area (Å²) >= 11 is 1.46. The van der Waals surface area contributed by atoms with E-state index in [9.17, 15) is 13.2 Å². The quantitative estimate of drug-likeness (QED) is 0.728. The van der Waals surface area contributed by atoms with Crippen molar-refractivity contribution in [3.05, 3.63) is 54.6 Å². The van der Waals surface area contributed by atoms with Crippen LogP contribution in [-0.2, 0) is 14.6 Å². The van der Waals surface area contributed by atoms with Crippen LogP contribution in [0.15, 0.2) is 59.5 Å². The number of thioether (sulfide) groups is 1. The SMILES string of the molecule is CS(=O)(=O)CCOc1cccc(NC(=O)CSc2ccccc2)c1. The third-order valence-corrected chi connectivity index (χ3v) is 4.87. The van der Waals surface area contributed by atoms with Crippen LogP contribution in [0.2, 0.25) is 0 Å². The van der Waals surface area contributed by atoms with Crippen molar-refractivity contribution in [2.24, 2.45) is 0 Å². The molecule has 0 unspecified atom stereocenters. The second-order valence-corrected chi connectivity index (χ2v) is 8.46. The summed E-state index contributed by atoms with van der Waals surface area (Å²) in [5.74, 6) is 0.671. The molecule has 1 amide bonds. The summed E-state index contributed by atoms with van der Waals surface area (Å²) in [7, 11) is -3.05. The molecule has 0 spiro atoms. The van der Waals surface area contributed by atoms with Crippen LogP contribution in [0.3, 0.4) is 0 Å². The first-order chi connectivity index (χ1) is 11.4. The zero-order valence-electron chi connectivity index (χ0n) is 13.3. The van der Waals surface area contributed by atoms with Gasteiger partial charge in [0.05, 0.1) is 11.5 Å². The topological polar surface area (TPSA) is 72.5 Å². The van der Waals surface area contributed by atoms with Gasteiger partial charge in [0.1, 0.15) is 12.4 Å². The highest BCUT2D eigenvalue weighted by atomic mass is 32.2. The first kappa shape index (κ1) is 18.4. The van der Waals surface area contributed by atoms with E-state index < -0.39 is 9.84 Å². The van der Waals surface area contributed by atoms with Gasteiger partial charge in [0, 0.05) is 22.9 Å². The number of amides is 1. The Hall–Kier alpha value is -1.99. The number of hydrogen-bond acceptors (Lipinski definition) is 5. The molecule has 0 atom stereocenters. The average Bonchev–Trinajstić information content (AvgIpc) is 2.53. The highest BCUT2D eigenvalue weighted by Gasteiger charge is 2.06. The van der Waals surface area contributed by atoms with Gasteiger partial charge < -0.3 is 10.1 Å². The minimum Gasteiger partial charge on any atom is -0.492 e. The van der Waals surface area contributed by atoms with Crippen LogP contribution in [0, 0.1) is 0 Å². The fourth-order valence-electron chi connectivity index (χ4n) is 1.84. The number of rotatable bonds is 8. The zero-order chi connectivity index (χ0) is 17.4. The highest BCUT2D eigenvalue weighted by molar-refractivity contribution is 8.00. The Morgan fingerprint density at radius 3 is 2.58 bits per heavy atom. The van der Waals surface area contributed by atoms with E-state index in [1.54, 1.807) is 24.3 Å². The monoisotopic (exact) mass is 365 g/mol. The molecule has 0 radical (unpaired) electrons. The molecule has 1 N–H and O–H groups in total. The van der Waals surface area contributed by atoms with Gasteiger partial charge in [0.15, 0.2) is 9.84 Å². The normalized spacial score (nSPS) is 11.0. The summed E-state index contributed by atoms with van der Waals surface area (Å²) in [6, 6.07) is 16.6. The van der Waals surface area contributed by atoms with Crippen molar-refractivity contribution in [2.75, 3.05) is 29.7 Å². The largest absolute Gasteiger partial charge is 0.492 e. The number of carbonyl (C=O) groups excluding carboxylic acids is 1. The van der Waals surface area contributed by atoms with Crippen LogP contribution in [0.25, 0.3) is 0 Å². The molecular formula is C17H19NO4S2. The highest BCUT2D eigenvalue weighted by Crippen LogP contribution is 2.20. The van der Waals surface area contributed by atoms with Gasteiger partial charge in [-0.1, -0.05) is 24.3 Å². The minimum absolute atomic E-state index is 0.0443. The van der Waals surface area contributed by atoms with Crippen molar-refractivity contribution in [3.63, 3.8) is 0 Å². The predicted octanol–water partition coefficient (Wildman–Crippen LogP) is 2.84. The molecule has 0 saturated heterocycles. The molecule has 24 heavy (non-hydrogen) atoms. The summed E-state index contributed by atoms with van der Waals surface area (Å²) in [5, 5.41) is 2.80. The number of nitrogens with one attached hydrogen (secondary N) is 1. The van der Waals surface area contributed by atoms with Crippen molar-refractivity contribution in [3.8, 4) is 5.75 Å². The molecule has 0 aliphatic carbocycles. The minimum atomic E-state index is -3.05. The maximum atomic E-state index is 12.0. The summed E-state index contributed by atoms with van der Waals surface area (Å²) in [4.78, 5) is 13.0. The van der Waals surface area contributed by atoms with E-state index in [1.807, 2.05) is 30.3 Å². The Morgan fingerprint density at radius 1 is 1.12 bits per heavy atom. The number of anilines is 1. The fourth-order valence-corrected chi connectivity index (χ4v) is 2.94. The van der Waals surface area contributed by atoms with Gasteiger partial charge >= 0.3 is 0 Å². The van der Waals surface area contributed by atoms with Gasteiger partial charge in [-0.2, -0.15) is 0 Å². The van der Waals surface area contributed by atoms with E-state index >= 15 is 0 Å². The van der Waals surface area contributed by atoms with Crippen molar-refractivity contribution < 1.29 is 17.9 Å². The summed E-state index contributed by atoms with van der Waals surface area (Å²) in [6.45, 7) is 0.0834. The summed E-state index contributed by atoms with van der Waals surface area (Å²) in [6.07, 6.45) is 1.16. The van der Waals surface area contributed by atoms with E-state index in [4.69, 9.17) is 4.74 Å². The molecule has 128 valence electrons. The van der Waals surface area contributed by atoms with E-state index in [2.05, 4.69) is 5.32 Å². The van der Waals surface area contributed by atoms with Gasteiger partial charge in [0.25, 0.3) is 0 Å². The molecule has 0 heterocycles. The summed E-state index contributed by atoms with van der Waals surface area (Å²) in [5.41, 5.74) is 0.616. The first-order valence-corrected chi connectivity index (χ1v) is 10.4. The van der Waals surface area contributed by atoms with Crippen LogP contribution >= 0.6 is 11.8 Å². The van der Waals surface area contributed by atoms with E-state index in [1.165, 1.54) is 11.8 Å². The van der Waals surface area contributed by atoms with Crippen molar-refractivity contribution in [2.45, 2.75) is 4.90 Å². The number of benzene rings is 2. The lowest BCUT2D eigenvalue weighted by atomic mass is 10.3. The third kappa shape index (κ3) is 7.06. The Bertz CT molecular complexity index is 776. The zero-order valence-corrected chi connectivity index (χ0v) is 14.9. The van der Waals surface area contributed by atoms with Crippen LogP contribution in [-0.4, -0.2) is 38.7 Å². The molecule has 0 aromatic heterocycles. The second kappa shape index (κ2) is 8.75. The standard InChI is InChI=1S/C17H19NO4S2/c1-24(20,21)11-10-22-15-7-5-6-14(12-15)18-17(19)13-23-16-8-3-2-4-9-16/h2-9,12H,10-11,13H2,1H3,(H,18,19). The van der Waals surface area contributed by atoms with Crippen molar-refractivity contribution in [1.29, 1.82) is 0 Å². The van der Waals surface area contributed by atoms with Crippen LogP contribution < -0.4 is 10.1 Å². The smallest absolute Gasteiger partial charge is 0.234 e. The fraction of sp³-hybridized carbons (Fsp3) is 0.235. The van der Waals surface area contributed by atoms with E-state index in [0.717, 1.165) is 11.2 Å². The lowest BCUT2D eigenvalue weighted by Crippen LogP contribution is -2.14. The van der Waals surface area contributed by atoms with Crippen molar-refractivity contribution >= 4 is 33.2 Å². The molecule has 0 bridgehead atoms. The average molecular weight is 365 g/mol. The van der Waals surface area contributed by atoms with Crippen LogP contribution in [0.4, 0.5) is 5.69 Å². The number of sulfone groups is 1. The van der Waals surface area contributed by atoms with Crippen molar-refractivity contribution in [1.82, 2.24) is 0 Å².